The number of aromatic nitrogens is 2. The summed E-state index contributed by atoms with van der Waals surface area (Å²) >= 11 is 0. The number of rotatable bonds is 21. The van der Waals surface area contributed by atoms with E-state index in [4.69, 9.17) is 68.5 Å². The van der Waals surface area contributed by atoms with Gasteiger partial charge in [0.15, 0.2) is 5.70 Å². The van der Waals surface area contributed by atoms with Crippen LogP contribution < -0.4 is 92.4 Å². The van der Waals surface area contributed by atoms with Gasteiger partial charge in [-0.3, -0.25) is 23.7 Å². The number of nitrogens with one attached hydrogen (secondary N) is 1. The van der Waals surface area contributed by atoms with Crippen molar-refractivity contribution in [1.29, 1.82) is 5.26 Å². The summed E-state index contributed by atoms with van der Waals surface area (Å²) in [5, 5.41) is 30.7. The van der Waals surface area contributed by atoms with Gasteiger partial charge in [0.25, 0.3) is 25.0 Å². The number of anilines is 4. The van der Waals surface area contributed by atoms with Crippen LogP contribution in [0, 0.1) is 56.0 Å². The maximum atomic E-state index is 10.1. The Labute approximate surface area is 635 Å². The van der Waals surface area contributed by atoms with Gasteiger partial charge in [-0.1, -0.05) is 180 Å². The number of hydrogen-bond donors (Lipinski definition) is 4. The number of methoxy groups -OCH3 is 1. The van der Waals surface area contributed by atoms with Crippen molar-refractivity contribution < 1.29 is 80.5 Å². The van der Waals surface area contributed by atoms with E-state index in [1.54, 1.807) is 67.8 Å². The molecule has 0 aliphatic heterocycles. The third-order valence-corrected chi connectivity index (χ3v) is 14.1. The molecule has 100 heavy (non-hydrogen) atoms. The summed E-state index contributed by atoms with van der Waals surface area (Å²) in [7, 11) is 1.55. The molecule has 512 valence electrons. The number of ether oxygens (including phenoxy) is 4. The second kappa shape index (κ2) is 44.6. The third-order valence-electron chi connectivity index (χ3n) is 14.1. The molecule has 0 fully saturated rings. The van der Waals surface area contributed by atoms with Gasteiger partial charge in [-0.25, -0.2) is 18.0 Å². The van der Waals surface area contributed by atoms with Crippen LogP contribution in [0.5, 0.6) is 23.0 Å². The molecule has 0 saturated carbocycles. The molecule has 1 unspecified atom stereocenters. The molecule has 0 radical (unpaired) electrons. The van der Waals surface area contributed by atoms with Gasteiger partial charge in [-0.15, -0.1) is 5.60 Å². The second-order valence-electron chi connectivity index (χ2n) is 24.5. The maximum absolute atomic E-state index is 10.1. The Bertz CT molecular complexity index is 4140. The normalized spacial score (nSPS) is 10.7. The number of nitrogens with zero attached hydrogens (tertiary/aromatic N) is 9. The number of benzene rings is 7. The van der Waals surface area contributed by atoms with E-state index in [1.807, 2.05) is 228 Å². The van der Waals surface area contributed by atoms with Crippen molar-refractivity contribution in [2.24, 2.45) is 11.8 Å². The largest absolute Gasteiger partial charge is 1.00 e. The molecule has 0 saturated heterocycles. The van der Waals surface area contributed by atoms with E-state index in [2.05, 4.69) is 43.4 Å². The van der Waals surface area contributed by atoms with Gasteiger partial charge in [0.2, 0.25) is 0 Å². The Morgan fingerprint density at radius 2 is 0.960 bits per heavy atom. The predicted molar refractivity (Wildman–Crippen MR) is 397 cm³/mol. The quantitative estimate of drug-likeness (QED) is 0.0394. The molecular formula is C81H91KN12O6. The monoisotopic (exact) mass is 1370 g/mol. The molecule has 0 aliphatic rings. The van der Waals surface area contributed by atoms with Crippen LogP contribution in [-0.4, -0.2) is 46.4 Å². The minimum Gasteiger partial charge on any atom is -0.850 e. The van der Waals surface area contributed by atoms with Crippen LogP contribution >= 0.6 is 0 Å². The standard InChI is InChI=1S/2C21H21N3O.C15H14N2O.C14H15N3O.C6H11NO.C4H9O.K/c1-15(2)19-13-24(21(23-3)20(19)22)17-9-11-18(12-10-17)25-14-16-7-5-4-6-8-16;1-17(2)21(23-4)14-24(16-22-3)19-10-12-20(13-11-19)25-15-18-8-6-5-7-9-18;1-16-12-17-14-7-9-15(10-8-14)18-11-13-5-3-2-4-6-13;1-9(2)12-8-17(14(16-3)13(12)15)10-4-6-11(18)7-5-10;1-5(2)6(4-7)8-3;1-4(2,3)5;/h4-13,15H,14,22H2,1-2H3;5-14,17H,15-16H2,1-2H3;2-10,17H,11-12H2;4-9,18H,15H2,1-2H3;5-6H,1-3H3;1-3H3;/q;;;;;-1;+1/b;21-14-;;;;;. The molecule has 0 aliphatic carbocycles. The molecule has 6 N–H and O–H groups in total. The summed E-state index contributed by atoms with van der Waals surface area (Å²) in [4.78, 5) is 19.1. The minimum atomic E-state index is -0.750. The maximum Gasteiger partial charge on any atom is 1.00 e. The Balaban J connectivity index is 0.000000329. The summed E-state index contributed by atoms with van der Waals surface area (Å²) in [5.74, 6) is 4.43. The molecule has 0 amide bonds. The Hall–Kier alpha value is -10.3. The molecule has 0 spiro atoms. The first-order chi connectivity index (χ1) is 47.4. The average molecular weight is 1370 g/mol. The molecule has 19 heteroatoms. The Morgan fingerprint density at radius 1 is 0.590 bits per heavy atom. The molecule has 1 atom stereocenters. The topological polar surface area (TPSA) is 203 Å². The van der Waals surface area contributed by atoms with Crippen LogP contribution in [0.3, 0.4) is 0 Å². The Morgan fingerprint density at radius 3 is 1.26 bits per heavy atom. The van der Waals surface area contributed by atoms with Gasteiger partial charge in [0.1, 0.15) is 60.3 Å². The number of allylic oxidation sites excluding steroid dienone is 1. The molecule has 7 aromatic carbocycles. The van der Waals surface area contributed by atoms with E-state index in [0.29, 0.717) is 61.1 Å². The zero-order chi connectivity index (χ0) is 72.9. The van der Waals surface area contributed by atoms with Crippen molar-refractivity contribution in [3.63, 3.8) is 0 Å². The van der Waals surface area contributed by atoms with Crippen molar-refractivity contribution in [2.75, 3.05) is 42.1 Å². The van der Waals surface area contributed by atoms with Crippen molar-refractivity contribution in [3.05, 3.63) is 297 Å². The summed E-state index contributed by atoms with van der Waals surface area (Å²) in [6.45, 7) is 58.9. The number of phenols is 1. The summed E-state index contributed by atoms with van der Waals surface area (Å²) < 4.78 is 25.7. The fraction of sp³-hybridized carbons (Fsp3) is 0.284. The van der Waals surface area contributed by atoms with E-state index in [1.165, 1.54) is 0 Å². The molecule has 9 rings (SSSR count). The SMILES string of the molecule is CC(C)(C)[O-].COC(C#N)C(C)C.[C-]#[N+]CN(/C=C(\[N+]#[C-])C(C)C)c1ccc(OCc2ccccc2)cc1.[C-]#[N+]CNc1ccc(OCc2ccccc2)cc1.[C-]#[N+]c1c(N)c(C(C)C)cn1-c1ccc(O)cc1.[C-]#[N+]c1c(N)c(C(C)C)cn1-c1ccc(OCc2ccccc2)cc1.[K+]. The van der Waals surface area contributed by atoms with E-state index < -0.39 is 5.60 Å². The first-order valence-corrected chi connectivity index (χ1v) is 32.1. The number of phenolic OH excluding ortho intramolecular Hbond substituents is 1. The first-order valence-electron chi connectivity index (χ1n) is 32.1. The zero-order valence-electron chi connectivity index (χ0n) is 59.7. The van der Waals surface area contributed by atoms with Gasteiger partial charge in [-0.05, 0) is 137 Å². The summed E-state index contributed by atoms with van der Waals surface area (Å²) in [5.41, 5.74) is 22.0. The number of nitrogens with two attached hydrogens (primary N) is 2. The van der Waals surface area contributed by atoms with E-state index in [-0.39, 0.29) is 87.7 Å². The number of hydrogen-bond acceptors (Lipinski definition) is 11. The molecular weight excluding hydrogens is 1280 g/mol. The number of nitrogen functional groups attached to an aromatic ring is 2. The first kappa shape index (κ1) is 84.0. The molecule has 18 nitrogen and oxygen atoms in total. The summed E-state index contributed by atoms with van der Waals surface area (Å²) in [6.07, 6.45) is 5.36. The van der Waals surface area contributed by atoms with Crippen molar-refractivity contribution >= 4 is 34.4 Å². The smallest absolute Gasteiger partial charge is 0.850 e. The van der Waals surface area contributed by atoms with E-state index >= 15 is 0 Å². The van der Waals surface area contributed by atoms with Gasteiger partial charge in [0, 0.05) is 35.8 Å². The van der Waals surface area contributed by atoms with Crippen molar-refractivity contribution in [1.82, 2.24) is 9.13 Å². The molecule has 2 heterocycles. The fourth-order valence-corrected chi connectivity index (χ4v) is 8.89. The Kier molecular flexibility index (Phi) is 37.5. The number of aromatic hydroxyl groups is 1. The zero-order valence-corrected chi connectivity index (χ0v) is 62.8. The van der Waals surface area contributed by atoms with E-state index in [0.717, 1.165) is 67.8 Å². The van der Waals surface area contributed by atoms with Crippen LogP contribution in [-0.2, 0) is 24.6 Å². The van der Waals surface area contributed by atoms with Gasteiger partial charge < -0.3 is 55.6 Å². The van der Waals surface area contributed by atoms with Crippen LogP contribution in [0.2, 0.25) is 0 Å². The predicted octanol–water partition coefficient (Wildman–Crippen LogP) is 16.0. The average Bonchev–Trinajstić information content (AvgIpc) is 1.66. The molecule has 9 aromatic rings. The third kappa shape index (κ3) is 29.4. The van der Waals surface area contributed by atoms with Gasteiger partial charge in [-0.2, -0.15) is 5.26 Å². The molecule has 0 bridgehead atoms. The number of nitriles is 1. The minimum absolute atomic E-state index is 0. The van der Waals surface area contributed by atoms with Crippen LogP contribution in [0.15, 0.2) is 212 Å². The van der Waals surface area contributed by atoms with Crippen molar-refractivity contribution in [2.45, 2.75) is 120 Å². The molecule has 2 aromatic heterocycles. The van der Waals surface area contributed by atoms with Gasteiger partial charge >= 0.3 is 51.4 Å². The van der Waals surface area contributed by atoms with E-state index in [9.17, 15) is 10.2 Å². The van der Waals surface area contributed by atoms with Gasteiger partial charge in [0.05, 0.1) is 36.4 Å². The van der Waals surface area contributed by atoms with Crippen molar-refractivity contribution in [3.8, 4) is 40.4 Å². The second-order valence-corrected chi connectivity index (χ2v) is 24.5. The van der Waals surface area contributed by atoms with Crippen LogP contribution in [0.1, 0.15) is 116 Å². The summed E-state index contributed by atoms with van der Waals surface area (Å²) in [6, 6.07) is 61.7. The fourth-order valence-electron chi connectivity index (χ4n) is 8.89. The van der Waals surface area contributed by atoms with Crippen LogP contribution in [0.25, 0.3) is 35.6 Å². The van der Waals surface area contributed by atoms with Crippen LogP contribution in [0.4, 0.5) is 34.4 Å².